The number of aromatic nitrogens is 3. The molecule has 1 N–H and O–H groups in total. The van der Waals surface area contributed by atoms with Crippen LogP contribution in [-0.2, 0) is 0 Å². The number of aliphatic hydroxyl groups excluding tert-OH is 1. The van der Waals surface area contributed by atoms with Gasteiger partial charge in [-0.2, -0.15) is 5.10 Å². The van der Waals surface area contributed by atoms with Gasteiger partial charge in [0.25, 0.3) is 0 Å². The maximum absolute atomic E-state index is 13.1. The molecule has 0 saturated carbocycles. The van der Waals surface area contributed by atoms with E-state index in [4.69, 9.17) is 4.74 Å². The van der Waals surface area contributed by atoms with Gasteiger partial charge in [0.05, 0.1) is 18.8 Å². The number of aliphatic hydroxyl groups is 1. The van der Waals surface area contributed by atoms with Gasteiger partial charge in [-0.15, -0.1) is 0 Å². The summed E-state index contributed by atoms with van der Waals surface area (Å²) in [6, 6.07) is 3.39. The maximum atomic E-state index is 13.1. The third kappa shape index (κ3) is 5.76. The van der Waals surface area contributed by atoms with E-state index in [-0.39, 0.29) is 11.5 Å². The van der Waals surface area contributed by atoms with E-state index in [9.17, 15) is 13.9 Å². The molecule has 0 bridgehead atoms. The molecule has 2 atom stereocenters. The first kappa shape index (κ1) is 20.3. The summed E-state index contributed by atoms with van der Waals surface area (Å²) in [4.78, 5) is 3.98. The zero-order valence-electron chi connectivity index (χ0n) is 15.5. The van der Waals surface area contributed by atoms with Gasteiger partial charge in [-0.25, -0.2) is 18.4 Å². The van der Waals surface area contributed by atoms with Crippen molar-refractivity contribution in [2.75, 3.05) is 6.61 Å². The first-order valence-electron chi connectivity index (χ1n) is 8.89. The highest BCUT2D eigenvalue weighted by Gasteiger charge is 2.31. The fraction of sp³-hybridized carbons (Fsp3) is 0.579. The molecule has 0 spiro atoms. The molecule has 2 rings (SSSR count). The van der Waals surface area contributed by atoms with Crippen molar-refractivity contribution in [2.45, 2.75) is 58.6 Å². The SMILES string of the molecule is CC(C)(C)C(O)C(CCCCCOc1ccc(F)c(F)c1)n1cncn1. The van der Waals surface area contributed by atoms with Crippen LogP contribution in [0.15, 0.2) is 30.9 Å². The van der Waals surface area contributed by atoms with Gasteiger partial charge < -0.3 is 9.84 Å². The average Bonchev–Trinajstić information content (AvgIpc) is 3.10. The lowest BCUT2D eigenvalue weighted by atomic mass is 9.83. The number of ether oxygens (including phenoxy) is 1. The molecule has 0 aliphatic heterocycles. The van der Waals surface area contributed by atoms with Crippen LogP contribution in [0.25, 0.3) is 0 Å². The number of unbranched alkanes of at least 4 members (excludes halogenated alkanes) is 2. The standard InChI is InChI=1S/C19H27F2N3O2/c1-19(2,3)18(25)17(24-13-22-12-23-24)7-5-4-6-10-26-14-8-9-15(20)16(21)11-14/h8-9,11-13,17-18,25H,4-7,10H2,1-3H3. The summed E-state index contributed by atoms with van der Waals surface area (Å²) in [6.45, 7) is 6.42. The normalized spacial score (nSPS) is 14.2. The number of benzene rings is 1. The van der Waals surface area contributed by atoms with E-state index in [0.29, 0.717) is 12.4 Å². The maximum Gasteiger partial charge on any atom is 0.162 e. The molecule has 2 aromatic rings. The van der Waals surface area contributed by atoms with Crippen LogP contribution in [0, 0.1) is 17.0 Å². The Balaban J connectivity index is 1.76. The second kappa shape index (κ2) is 9.07. The minimum Gasteiger partial charge on any atom is -0.493 e. The molecule has 2 unspecified atom stereocenters. The van der Waals surface area contributed by atoms with E-state index < -0.39 is 17.7 Å². The Morgan fingerprint density at radius 1 is 1.15 bits per heavy atom. The van der Waals surface area contributed by atoms with Crippen molar-refractivity contribution in [3.05, 3.63) is 42.5 Å². The molecule has 5 nitrogen and oxygen atoms in total. The third-order valence-electron chi connectivity index (χ3n) is 4.33. The Morgan fingerprint density at radius 2 is 1.92 bits per heavy atom. The van der Waals surface area contributed by atoms with Crippen LogP contribution in [0.2, 0.25) is 0 Å². The van der Waals surface area contributed by atoms with Crippen molar-refractivity contribution in [2.24, 2.45) is 5.41 Å². The zero-order valence-corrected chi connectivity index (χ0v) is 15.5. The molecule has 0 aliphatic rings. The Hall–Kier alpha value is -2.02. The second-order valence-electron chi connectivity index (χ2n) is 7.53. The van der Waals surface area contributed by atoms with Crippen LogP contribution in [-0.4, -0.2) is 32.6 Å². The number of rotatable bonds is 9. The molecule has 7 heteroatoms. The fourth-order valence-corrected chi connectivity index (χ4v) is 2.79. The highest BCUT2D eigenvalue weighted by molar-refractivity contribution is 5.23. The van der Waals surface area contributed by atoms with Crippen molar-refractivity contribution >= 4 is 0 Å². The number of hydrogen-bond donors (Lipinski definition) is 1. The lowest BCUT2D eigenvalue weighted by Crippen LogP contribution is -2.35. The molecule has 1 aromatic heterocycles. The van der Waals surface area contributed by atoms with E-state index in [1.54, 1.807) is 11.0 Å². The molecule has 0 fully saturated rings. The summed E-state index contributed by atoms with van der Waals surface area (Å²) < 4.78 is 33.1. The van der Waals surface area contributed by atoms with Crippen LogP contribution in [0.4, 0.5) is 8.78 Å². The number of nitrogens with zero attached hydrogens (tertiary/aromatic N) is 3. The molecular formula is C19H27F2N3O2. The lowest BCUT2D eigenvalue weighted by Gasteiger charge is -2.33. The first-order chi connectivity index (χ1) is 12.3. The van der Waals surface area contributed by atoms with Gasteiger partial charge in [0.1, 0.15) is 18.4 Å². The summed E-state index contributed by atoms with van der Waals surface area (Å²) in [5.41, 5.74) is -0.258. The summed E-state index contributed by atoms with van der Waals surface area (Å²) in [7, 11) is 0. The minimum atomic E-state index is -0.908. The van der Waals surface area contributed by atoms with Crippen molar-refractivity contribution in [3.63, 3.8) is 0 Å². The summed E-state index contributed by atoms with van der Waals surface area (Å²) in [6.07, 6.45) is 5.90. The molecule has 144 valence electrons. The van der Waals surface area contributed by atoms with Gasteiger partial charge in [0, 0.05) is 6.07 Å². The monoisotopic (exact) mass is 367 g/mol. The Kier molecular flexibility index (Phi) is 7.08. The second-order valence-corrected chi connectivity index (χ2v) is 7.53. The Morgan fingerprint density at radius 3 is 2.54 bits per heavy atom. The van der Waals surface area contributed by atoms with Crippen LogP contribution in [0.5, 0.6) is 5.75 Å². The summed E-state index contributed by atoms with van der Waals surface area (Å²) in [5.74, 6) is -1.46. The van der Waals surface area contributed by atoms with Crippen molar-refractivity contribution < 1.29 is 18.6 Å². The first-order valence-corrected chi connectivity index (χ1v) is 8.89. The lowest BCUT2D eigenvalue weighted by molar-refractivity contribution is 0.00840. The van der Waals surface area contributed by atoms with Crippen molar-refractivity contribution in [1.82, 2.24) is 14.8 Å². The van der Waals surface area contributed by atoms with Crippen LogP contribution < -0.4 is 4.74 Å². The van der Waals surface area contributed by atoms with Crippen LogP contribution in [0.1, 0.15) is 52.5 Å². The molecule has 0 aliphatic carbocycles. The minimum absolute atomic E-state index is 0.135. The highest BCUT2D eigenvalue weighted by atomic mass is 19.2. The largest absolute Gasteiger partial charge is 0.493 e. The Labute approximate surface area is 153 Å². The van der Waals surface area contributed by atoms with Crippen LogP contribution >= 0.6 is 0 Å². The predicted molar refractivity (Wildman–Crippen MR) is 94.8 cm³/mol. The number of halogens is 2. The quantitative estimate of drug-likeness (QED) is 0.677. The molecule has 1 aromatic carbocycles. The fourth-order valence-electron chi connectivity index (χ4n) is 2.79. The number of hydrogen-bond acceptors (Lipinski definition) is 4. The molecule has 1 heterocycles. The van der Waals surface area contributed by atoms with E-state index >= 15 is 0 Å². The smallest absolute Gasteiger partial charge is 0.162 e. The summed E-state index contributed by atoms with van der Waals surface area (Å²) in [5, 5.41) is 14.8. The van der Waals surface area contributed by atoms with Gasteiger partial charge in [0.2, 0.25) is 0 Å². The molecular weight excluding hydrogens is 340 g/mol. The van der Waals surface area contributed by atoms with Crippen molar-refractivity contribution in [3.8, 4) is 5.75 Å². The zero-order chi connectivity index (χ0) is 19.2. The van der Waals surface area contributed by atoms with E-state index in [1.165, 1.54) is 12.4 Å². The molecule has 26 heavy (non-hydrogen) atoms. The Bertz CT molecular complexity index is 672. The third-order valence-corrected chi connectivity index (χ3v) is 4.33. The van der Waals surface area contributed by atoms with E-state index in [2.05, 4.69) is 10.1 Å². The highest BCUT2D eigenvalue weighted by Crippen LogP contribution is 2.31. The van der Waals surface area contributed by atoms with Gasteiger partial charge in [-0.05, 0) is 36.8 Å². The van der Waals surface area contributed by atoms with Gasteiger partial charge >= 0.3 is 0 Å². The van der Waals surface area contributed by atoms with E-state index in [1.807, 2.05) is 20.8 Å². The molecule has 0 saturated heterocycles. The van der Waals surface area contributed by atoms with Gasteiger partial charge in [0.15, 0.2) is 11.6 Å². The average molecular weight is 367 g/mol. The van der Waals surface area contributed by atoms with Crippen LogP contribution in [0.3, 0.4) is 0 Å². The van der Waals surface area contributed by atoms with E-state index in [0.717, 1.165) is 37.8 Å². The molecule has 0 radical (unpaired) electrons. The van der Waals surface area contributed by atoms with Gasteiger partial charge in [-0.1, -0.05) is 27.2 Å². The molecule has 0 amide bonds. The predicted octanol–water partition coefficient (Wildman–Crippen LogP) is 4.14. The summed E-state index contributed by atoms with van der Waals surface area (Å²) >= 11 is 0. The van der Waals surface area contributed by atoms with Crippen molar-refractivity contribution in [1.29, 1.82) is 0 Å². The van der Waals surface area contributed by atoms with Gasteiger partial charge in [-0.3, -0.25) is 0 Å². The topological polar surface area (TPSA) is 60.2 Å².